The van der Waals surface area contributed by atoms with Gasteiger partial charge in [-0.15, -0.1) is 23.2 Å². The zero-order valence-corrected chi connectivity index (χ0v) is 20.4. The number of hydrogen-bond donors (Lipinski definition) is 2. The zero-order valence-electron chi connectivity index (χ0n) is 18.1. The molecule has 2 N–H and O–H groups in total. The monoisotopic (exact) mass is 560 g/mol. The minimum atomic E-state index is -1.55. The van der Waals surface area contributed by atoms with Crippen molar-refractivity contribution in [2.45, 2.75) is 10.3 Å². The van der Waals surface area contributed by atoms with E-state index in [-0.39, 0.29) is 22.0 Å². The Kier molecular flexibility index (Phi) is 7.10. The third-order valence-corrected chi connectivity index (χ3v) is 6.81. The molecule has 0 aliphatic heterocycles. The van der Waals surface area contributed by atoms with Crippen molar-refractivity contribution in [3.05, 3.63) is 87.9 Å². The number of anilines is 2. The van der Waals surface area contributed by atoms with Gasteiger partial charge in [-0.05, 0) is 35.9 Å². The summed E-state index contributed by atoms with van der Waals surface area (Å²) in [4.78, 5) is 25.7. The van der Waals surface area contributed by atoms with Gasteiger partial charge in [0.05, 0.1) is 29.3 Å². The smallest absolute Gasteiger partial charge is 0.259 e. The van der Waals surface area contributed by atoms with Gasteiger partial charge in [0.25, 0.3) is 5.91 Å². The molecule has 1 aliphatic rings. The van der Waals surface area contributed by atoms with Gasteiger partial charge in [0.2, 0.25) is 5.91 Å². The van der Waals surface area contributed by atoms with Crippen LogP contribution in [0.15, 0.2) is 48.5 Å². The van der Waals surface area contributed by atoms with Crippen molar-refractivity contribution in [2.24, 2.45) is 5.92 Å². The lowest BCUT2D eigenvalue weighted by atomic mass is 10.1. The second-order valence-electron chi connectivity index (χ2n) is 7.91. The van der Waals surface area contributed by atoms with E-state index in [9.17, 15) is 27.2 Å². The molecule has 0 saturated heterocycles. The van der Waals surface area contributed by atoms with Crippen LogP contribution in [0.5, 0.6) is 5.75 Å². The van der Waals surface area contributed by atoms with E-state index < -0.39 is 57.0 Å². The van der Waals surface area contributed by atoms with E-state index in [1.807, 2.05) is 0 Å². The highest BCUT2D eigenvalue weighted by molar-refractivity contribution is 6.53. The summed E-state index contributed by atoms with van der Waals surface area (Å²) in [6, 6.07) is 8.30. The van der Waals surface area contributed by atoms with Crippen LogP contribution in [-0.2, 0) is 4.79 Å². The molecule has 2 atom stereocenters. The molecular weight excluding hydrogens is 547 g/mol. The van der Waals surface area contributed by atoms with Gasteiger partial charge in [0, 0.05) is 23.7 Å². The minimum Gasteiger partial charge on any atom is -0.493 e. The number of alkyl halides is 2. The number of rotatable bonds is 6. The number of halogens is 7. The maximum Gasteiger partial charge on any atom is 0.259 e. The maximum absolute atomic E-state index is 14.7. The number of amides is 2. The predicted molar refractivity (Wildman–Crippen MR) is 128 cm³/mol. The molecule has 3 aromatic rings. The summed E-state index contributed by atoms with van der Waals surface area (Å²) in [6.07, 6.45) is 0. The molecule has 2 unspecified atom stereocenters. The van der Waals surface area contributed by atoms with E-state index in [1.165, 1.54) is 12.1 Å². The summed E-state index contributed by atoms with van der Waals surface area (Å²) in [7, 11) is 1.11. The lowest BCUT2D eigenvalue weighted by Gasteiger charge is -2.14. The van der Waals surface area contributed by atoms with E-state index >= 15 is 0 Å². The van der Waals surface area contributed by atoms with Crippen LogP contribution >= 0.6 is 34.8 Å². The quantitative estimate of drug-likeness (QED) is 0.261. The highest BCUT2D eigenvalue weighted by atomic mass is 35.5. The van der Waals surface area contributed by atoms with Crippen LogP contribution in [0.3, 0.4) is 0 Å². The van der Waals surface area contributed by atoms with Gasteiger partial charge in [-0.2, -0.15) is 0 Å². The summed E-state index contributed by atoms with van der Waals surface area (Å²) in [5, 5.41) is 4.47. The van der Waals surface area contributed by atoms with Crippen LogP contribution in [0.4, 0.5) is 28.9 Å². The van der Waals surface area contributed by atoms with Crippen LogP contribution in [0, 0.1) is 29.2 Å². The molecule has 0 bridgehead atoms. The Morgan fingerprint density at radius 2 is 1.64 bits per heavy atom. The molecular formula is C24H15Cl3F4N2O3. The van der Waals surface area contributed by atoms with Crippen LogP contribution in [0.25, 0.3) is 0 Å². The van der Waals surface area contributed by atoms with E-state index in [1.54, 1.807) is 0 Å². The van der Waals surface area contributed by atoms with Crippen molar-refractivity contribution in [3.63, 3.8) is 0 Å². The van der Waals surface area contributed by atoms with E-state index in [2.05, 4.69) is 10.6 Å². The molecule has 1 saturated carbocycles. The van der Waals surface area contributed by atoms with Crippen molar-refractivity contribution in [2.75, 3.05) is 17.7 Å². The summed E-state index contributed by atoms with van der Waals surface area (Å²) < 4.78 is 58.7. The number of nitrogens with one attached hydrogen (secondary N) is 2. The first-order chi connectivity index (χ1) is 16.9. The Morgan fingerprint density at radius 3 is 2.28 bits per heavy atom. The highest BCUT2D eigenvalue weighted by Gasteiger charge is 2.67. The molecule has 1 fully saturated rings. The average Bonchev–Trinajstić information content (AvgIpc) is 3.39. The van der Waals surface area contributed by atoms with Gasteiger partial charge >= 0.3 is 0 Å². The Balaban J connectivity index is 1.58. The van der Waals surface area contributed by atoms with E-state index in [0.717, 1.165) is 37.4 Å². The molecule has 0 radical (unpaired) electrons. The normalized spacial score (nSPS) is 17.9. The molecule has 36 heavy (non-hydrogen) atoms. The molecule has 1 aliphatic carbocycles. The van der Waals surface area contributed by atoms with Crippen LogP contribution < -0.4 is 15.4 Å². The third kappa shape index (κ3) is 4.96. The van der Waals surface area contributed by atoms with Gasteiger partial charge in [0.1, 0.15) is 21.8 Å². The van der Waals surface area contributed by atoms with Gasteiger partial charge in [-0.3, -0.25) is 9.59 Å². The number of methoxy groups -OCH3 is 1. The summed E-state index contributed by atoms with van der Waals surface area (Å²) >= 11 is 18.4. The van der Waals surface area contributed by atoms with Crippen LogP contribution in [0.2, 0.25) is 5.02 Å². The van der Waals surface area contributed by atoms with Gasteiger partial charge in [-0.25, -0.2) is 17.6 Å². The lowest BCUT2D eigenvalue weighted by molar-refractivity contribution is -0.117. The predicted octanol–water partition coefficient (Wildman–Crippen LogP) is 6.68. The Morgan fingerprint density at radius 1 is 0.917 bits per heavy atom. The molecule has 5 nitrogen and oxygen atoms in total. The zero-order chi connectivity index (χ0) is 26.4. The number of carbonyl (C=O) groups is 2. The summed E-state index contributed by atoms with van der Waals surface area (Å²) in [5.41, 5.74) is -0.452. The molecule has 188 valence electrons. The van der Waals surface area contributed by atoms with Crippen molar-refractivity contribution in [3.8, 4) is 5.75 Å². The van der Waals surface area contributed by atoms with Crippen molar-refractivity contribution in [1.82, 2.24) is 0 Å². The van der Waals surface area contributed by atoms with Gasteiger partial charge < -0.3 is 15.4 Å². The van der Waals surface area contributed by atoms with Crippen LogP contribution in [-0.4, -0.2) is 23.3 Å². The molecule has 4 rings (SSSR count). The molecule has 3 aromatic carbocycles. The van der Waals surface area contributed by atoms with Crippen molar-refractivity contribution >= 4 is 58.0 Å². The fourth-order valence-corrected chi connectivity index (χ4v) is 4.83. The Hall–Kier alpha value is -3.01. The highest BCUT2D eigenvalue weighted by Crippen LogP contribution is 2.65. The second-order valence-corrected chi connectivity index (χ2v) is 9.76. The number of carbonyl (C=O) groups excluding carboxylic acids is 2. The first-order valence-electron chi connectivity index (χ1n) is 10.2. The minimum absolute atomic E-state index is 0.144. The van der Waals surface area contributed by atoms with Crippen LogP contribution in [0.1, 0.15) is 21.8 Å². The SMILES string of the molecule is COc1c(F)cc(NC(=O)C2C(c3ccc(F)c(Cl)c3)C2(Cl)Cl)cc1C(=O)Nc1ccc(F)cc1F. The largest absolute Gasteiger partial charge is 0.493 e. The van der Waals surface area contributed by atoms with E-state index in [0.29, 0.717) is 11.6 Å². The maximum atomic E-state index is 14.7. The fraction of sp³-hybridized carbons (Fsp3) is 0.167. The topological polar surface area (TPSA) is 67.4 Å². The number of benzene rings is 3. The molecule has 0 spiro atoms. The second kappa shape index (κ2) is 9.80. The van der Waals surface area contributed by atoms with Crippen molar-refractivity contribution in [1.29, 1.82) is 0 Å². The fourth-order valence-electron chi connectivity index (χ4n) is 3.82. The Bertz CT molecular complexity index is 1390. The number of hydrogen-bond acceptors (Lipinski definition) is 3. The first kappa shape index (κ1) is 26.1. The molecule has 12 heteroatoms. The standard InChI is InChI=1S/C24H15Cl3F4N2O3/c1-36-21-13(22(34)33-18-5-3-11(28)7-16(18)30)8-12(9-17(21)31)32-23(35)20-19(24(20,26)27)10-2-4-15(29)14(25)6-10/h2-9,19-20H,1H3,(H,32,35)(H,33,34). The van der Waals surface area contributed by atoms with Crippen molar-refractivity contribution < 1.29 is 31.9 Å². The third-order valence-electron chi connectivity index (χ3n) is 5.58. The van der Waals surface area contributed by atoms with Gasteiger partial charge in [0.15, 0.2) is 11.6 Å². The summed E-state index contributed by atoms with van der Waals surface area (Å²) in [6.45, 7) is 0. The molecule has 2 amide bonds. The van der Waals surface area contributed by atoms with E-state index in [4.69, 9.17) is 39.5 Å². The molecule has 0 heterocycles. The Labute approximate surface area is 217 Å². The van der Waals surface area contributed by atoms with Gasteiger partial charge in [-0.1, -0.05) is 17.7 Å². The average molecular weight is 562 g/mol. The lowest BCUT2D eigenvalue weighted by Crippen LogP contribution is -2.19. The number of ether oxygens (including phenoxy) is 1. The summed E-state index contributed by atoms with van der Waals surface area (Å²) in [5.74, 6) is -7.44. The first-order valence-corrected chi connectivity index (χ1v) is 11.3. The molecule has 0 aromatic heterocycles.